The number of methoxy groups -OCH3 is 1. The molecule has 0 unspecified atom stereocenters. The maximum absolute atomic E-state index is 12.9. The number of nitrogens with zero attached hydrogens (tertiary/aromatic N) is 2. The van der Waals surface area contributed by atoms with Gasteiger partial charge in [0.1, 0.15) is 19.0 Å². The normalized spacial score (nSPS) is 13.9. The van der Waals surface area contributed by atoms with Gasteiger partial charge in [-0.15, -0.1) is 0 Å². The summed E-state index contributed by atoms with van der Waals surface area (Å²) in [4.78, 5) is 12.9. The lowest BCUT2D eigenvalue weighted by molar-refractivity contribution is -0.114. The second kappa shape index (κ2) is 11.5. The van der Waals surface area contributed by atoms with E-state index in [0.717, 1.165) is 28.1 Å². The number of hydrogen-bond donors (Lipinski definition) is 0. The van der Waals surface area contributed by atoms with Crippen molar-refractivity contribution >= 4 is 23.4 Å². The number of rotatable bonds is 9. The average Bonchev–Trinajstić information content (AvgIpc) is 3.25. The van der Waals surface area contributed by atoms with Crippen molar-refractivity contribution in [3.63, 3.8) is 0 Å². The first kappa shape index (κ1) is 24.8. The van der Waals surface area contributed by atoms with E-state index in [-0.39, 0.29) is 5.91 Å². The van der Waals surface area contributed by atoms with Crippen LogP contribution in [0.15, 0.2) is 114 Å². The molecule has 1 aliphatic rings. The monoisotopic (exact) mass is 504 g/mol. The fraction of sp³-hybridized carbons (Fsp3) is 0.125. The molecule has 0 bridgehead atoms. The Labute approximate surface area is 222 Å². The summed E-state index contributed by atoms with van der Waals surface area (Å²) in [7, 11) is 1.63. The number of anilines is 1. The Balaban J connectivity index is 1.20. The molecule has 5 rings (SSSR count). The van der Waals surface area contributed by atoms with Crippen LogP contribution in [0.2, 0.25) is 0 Å². The molecule has 38 heavy (non-hydrogen) atoms. The van der Waals surface area contributed by atoms with Gasteiger partial charge in [0.05, 0.1) is 24.1 Å². The molecule has 0 radical (unpaired) electrons. The molecule has 6 heteroatoms. The molecule has 6 nitrogen and oxygen atoms in total. The molecule has 0 aliphatic carbocycles. The topological polar surface area (TPSA) is 60.4 Å². The molecule has 0 fully saturated rings. The summed E-state index contributed by atoms with van der Waals surface area (Å²) in [5, 5.41) is 5.87. The van der Waals surface area contributed by atoms with Crippen molar-refractivity contribution < 1.29 is 19.0 Å². The Morgan fingerprint density at radius 3 is 2.16 bits per heavy atom. The van der Waals surface area contributed by atoms with Crippen LogP contribution >= 0.6 is 0 Å². The van der Waals surface area contributed by atoms with Crippen molar-refractivity contribution in [1.82, 2.24) is 0 Å². The standard InChI is InChI=1S/C32H28N2O4/c1-23-29(32(35)34(33-23)27-11-7-4-8-12-27)19-24-13-16-28(17-14-24)37-22-26-15-18-30(31(20-26)36-2)38-21-25-9-5-3-6-10-25/h3-20H,21-22H2,1-2H3/b29-19-. The minimum atomic E-state index is -0.140. The van der Waals surface area contributed by atoms with E-state index in [1.54, 1.807) is 7.11 Å². The maximum atomic E-state index is 12.9. The summed E-state index contributed by atoms with van der Waals surface area (Å²) in [6.45, 7) is 2.69. The molecular formula is C32H28N2O4. The van der Waals surface area contributed by atoms with Gasteiger partial charge >= 0.3 is 0 Å². The zero-order chi connectivity index (χ0) is 26.3. The van der Waals surface area contributed by atoms with Crippen LogP contribution in [0.3, 0.4) is 0 Å². The first-order chi connectivity index (χ1) is 18.6. The number of hydrogen-bond acceptors (Lipinski definition) is 5. The van der Waals surface area contributed by atoms with Crippen LogP contribution in [0, 0.1) is 0 Å². The van der Waals surface area contributed by atoms with E-state index in [2.05, 4.69) is 5.10 Å². The summed E-state index contributed by atoms with van der Waals surface area (Å²) in [5.74, 6) is 1.93. The van der Waals surface area contributed by atoms with E-state index in [1.807, 2.05) is 116 Å². The highest BCUT2D eigenvalue weighted by Gasteiger charge is 2.28. The molecule has 0 N–H and O–H groups in total. The Morgan fingerprint density at radius 1 is 0.763 bits per heavy atom. The van der Waals surface area contributed by atoms with Crippen molar-refractivity contribution in [2.24, 2.45) is 5.10 Å². The second-order valence-electron chi connectivity index (χ2n) is 8.81. The predicted octanol–water partition coefficient (Wildman–Crippen LogP) is 6.66. The van der Waals surface area contributed by atoms with Gasteiger partial charge in [-0.25, -0.2) is 0 Å². The third kappa shape index (κ3) is 5.76. The molecule has 0 atom stereocenters. The zero-order valence-corrected chi connectivity index (χ0v) is 21.3. The molecule has 0 aromatic heterocycles. The third-order valence-corrected chi connectivity index (χ3v) is 6.13. The van der Waals surface area contributed by atoms with Crippen LogP contribution in [-0.4, -0.2) is 18.7 Å². The number of amides is 1. The van der Waals surface area contributed by atoms with E-state index in [4.69, 9.17) is 14.2 Å². The Hall–Kier alpha value is -4.84. The van der Waals surface area contributed by atoms with E-state index in [1.165, 1.54) is 5.01 Å². The lowest BCUT2D eigenvalue weighted by atomic mass is 10.1. The number of hydrazone groups is 1. The molecule has 4 aromatic carbocycles. The fourth-order valence-corrected chi connectivity index (χ4v) is 4.08. The Bertz CT molecular complexity index is 1460. The van der Waals surface area contributed by atoms with Gasteiger partial charge < -0.3 is 14.2 Å². The van der Waals surface area contributed by atoms with Crippen LogP contribution < -0.4 is 19.2 Å². The molecule has 1 aliphatic heterocycles. The predicted molar refractivity (Wildman–Crippen MR) is 150 cm³/mol. The highest BCUT2D eigenvalue weighted by Crippen LogP contribution is 2.30. The lowest BCUT2D eigenvalue weighted by Gasteiger charge is -2.13. The number of ether oxygens (including phenoxy) is 3. The van der Waals surface area contributed by atoms with Gasteiger partial charge in [-0.05, 0) is 66.1 Å². The van der Waals surface area contributed by atoms with E-state index >= 15 is 0 Å². The SMILES string of the molecule is COc1cc(COc2ccc(/C=C3\C(=O)N(c4ccccc4)N=C3C)cc2)ccc1OCc1ccccc1. The van der Waals surface area contributed by atoms with Gasteiger partial charge in [0, 0.05) is 0 Å². The van der Waals surface area contributed by atoms with Crippen molar-refractivity contribution in [1.29, 1.82) is 0 Å². The maximum Gasteiger partial charge on any atom is 0.280 e. The molecule has 4 aromatic rings. The summed E-state index contributed by atoms with van der Waals surface area (Å²) in [6.07, 6.45) is 1.85. The highest BCUT2D eigenvalue weighted by molar-refractivity contribution is 6.32. The zero-order valence-electron chi connectivity index (χ0n) is 21.3. The number of para-hydroxylation sites is 1. The first-order valence-electron chi connectivity index (χ1n) is 12.3. The quantitative estimate of drug-likeness (QED) is 0.239. The fourth-order valence-electron chi connectivity index (χ4n) is 4.08. The highest BCUT2D eigenvalue weighted by atomic mass is 16.5. The van der Waals surface area contributed by atoms with Gasteiger partial charge in [-0.3, -0.25) is 4.79 Å². The summed E-state index contributed by atoms with van der Waals surface area (Å²) >= 11 is 0. The Morgan fingerprint density at radius 2 is 1.45 bits per heavy atom. The van der Waals surface area contributed by atoms with E-state index < -0.39 is 0 Å². The van der Waals surface area contributed by atoms with Gasteiger partial charge in [0.25, 0.3) is 5.91 Å². The van der Waals surface area contributed by atoms with Gasteiger partial charge in [0.15, 0.2) is 11.5 Å². The van der Waals surface area contributed by atoms with Crippen LogP contribution in [-0.2, 0) is 18.0 Å². The van der Waals surface area contributed by atoms with Crippen molar-refractivity contribution in [3.05, 3.63) is 125 Å². The number of carbonyl (C=O) groups is 1. The third-order valence-electron chi connectivity index (χ3n) is 6.13. The molecule has 190 valence electrons. The van der Waals surface area contributed by atoms with E-state index in [0.29, 0.717) is 36.0 Å². The van der Waals surface area contributed by atoms with Crippen LogP contribution in [0.1, 0.15) is 23.6 Å². The minimum Gasteiger partial charge on any atom is -0.493 e. The smallest absolute Gasteiger partial charge is 0.280 e. The average molecular weight is 505 g/mol. The van der Waals surface area contributed by atoms with Gasteiger partial charge in [0.2, 0.25) is 0 Å². The van der Waals surface area contributed by atoms with Crippen molar-refractivity contribution in [3.8, 4) is 17.2 Å². The van der Waals surface area contributed by atoms with Crippen LogP contribution in [0.25, 0.3) is 6.08 Å². The van der Waals surface area contributed by atoms with E-state index in [9.17, 15) is 4.79 Å². The molecule has 1 amide bonds. The molecule has 0 saturated heterocycles. The molecule has 0 saturated carbocycles. The number of benzene rings is 4. The molecule has 0 spiro atoms. The summed E-state index contributed by atoms with van der Waals surface area (Å²) in [6, 6.07) is 32.8. The molecular weight excluding hydrogens is 476 g/mol. The Kier molecular flexibility index (Phi) is 7.50. The minimum absolute atomic E-state index is 0.140. The molecule has 1 heterocycles. The summed E-state index contributed by atoms with van der Waals surface area (Å²) < 4.78 is 17.5. The number of carbonyl (C=O) groups excluding carboxylic acids is 1. The van der Waals surface area contributed by atoms with Crippen LogP contribution in [0.4, 0.5) is 5.69 Å². The first-order valence-corrected chi connectivity index (χ1v) is 12.3. The van der Waals surface area contributed by atoms with Crippen molar-refractivity contribution in [2.45, 2.75) is 20.1 Å². The van der Waals surface area contributed by atoms with Gasteiger partial charge in [-0.2, -0.15) is 10.1 Å². The summed E-state index contributed by atoms with van der Waals surface area (Å²) in [5.41, 5.74) is 4.95. The lowest BCUT2D eigenvalue weighted by Crippen LogP contribution is -2.21. The van der Waals surface area contributed by atoms with Crippen molar-refractivity contribution in [2.75, 3.05) is 12.1 Å². The largest absolute Gasteiger partial charge is 0.493 e. The second-order valence-corrected chi connectivity index (χ2v) is 8.81. The van der Waals surface area contributed by atoms with Crippen LogP contribution in [0.5, 0.6) is 17.2 Å². The van der Waals surface area contributed by atoms with Gasteiger partial charge in [-0.1, -0.05) is 66.7 Å².